The fraction of sp³-hybridized carbons (Fsp3) is 0.684. The van der Waals surface area contributed by atoms with Gasteiger partial charge < -0.3 is 5.32 Å². The molecule has 0 saturated heterocycles. The van der Waals surface area contributed by atoms with E-state index in [4.69, 9.17) is 0 Å². The first-order valence-corrected chi connectivity index (χ1v) is 8.25. The summed E-state index contributed by atoms with van der Waals surface area (Å²) in [6.45, 7) is 9.47. The fourth-order valence-electron chi connectivity index (χ4n) is 3.95. The molecule has 0 bridgehead atoms. The molecule has 1 aliphatic rings. The van der Waals surface area contributed by atoms with Crippen LogP contribution in [0.25, 0.3) is 0 Å². The van der Waals surface area contributed by atoms with Gasteiger partial charge in [0.2, 0.25) is 0 Å². The highest BCUT2D eigenvalue weighted by Gasteiger charge is 2.39. The molecule has 2 rings (SSSR count). The second kappa shape index (κ2) is 6.30. The summed E-state index contributed by atoms with van der Waals surface area (Å²) in [5, 5.41) is 3.58. The molecule has 0 radical (unpaired) electrons. The van der Waals surface area contributed by atoms with Gasteiger partial charge in [-0.2, -0.15) is 0 Å². The first kappa shape index (κ1) is 15.6. The number of benzene rings is 1. The molecule has 1 heteroatoms. The van der Waals surface area contributed by atoms with Gasteiger partial charge in [-0.3, -0.25) is 0 Å². The van der Waals surface area contributed by atoms with Crippen molar-refractivity contribution in [3.05, 3.63) is 35.4 Å². The van der Waals surface area contributed by atoms with E-state index in [0.29, 0.717) is 6.04 Å². The van der Waals surface area contributed by atoms with E-state index >= 15 is 0 Å². The molecule has 3 atom stereocenters. The zero-order valence-electron chi connectivity index (χ0n) is 13.9. The number of aryl methyl sites for hydroxylation is 1. The van der Waals surface area contributed by atoms with Crippen LogP contribution in [0.2, 0.25) is 0 Å². The van der Waals surface area contributed by atoms with Crippen molar-refractivity contribution in [3.63, 3.8) is 0 Å². The van der Waals surface area contributed by atoms with Crippen LogP contribution in [-0.2, 0) is 11.8 Å². The Morgan fingerprint density at radius 1 is 1.15 bits per heavy atom. The molecule has 0 spiro atoms. The summed E-state index contributed by atoms with van der Waals surface area (Å²) >= 11 is 0. The van der Waals surface area contributed by atoms with E-state index in [-0.39, 0.29) is 5.41 Å². The molecule has 20 heavy (non-hydrogen) atoms. The Morgan fingerprint density at radius 3 is 2.35 bits per heavy atom. The van der Waals surface area contributed by atoms with Crippen LogP contribution in [0.3, 0.4) is 0 Å². The van der Waals surface area contributed by atoms with Gasteiger partial charge in [0.05, 0.1) is 0 Å². The van der Waals surface area contributed by atoms with Crippen LogP contribution in [-0.4, -0.2) is 13.1 Å². The Hall–Kier alpha value is -0.820. The standard InChI is InChI=1S/C19H31N/c1-6-15-8-10-16(11-9-15)19(3,4)17-12-7-14(2)13-18(17)20-5/h8-11,14,17-18,20H,6-7,12-13H2,1-5H3. The summed E-state index contributed by atoms with van der Waals surface area (Å²) in [5.41, 5.74) is 3.18. The molecule has 0 heterocycles. The van der Waals surface area contributed by atoms with Crippen molar-refractivity contribution in [1.29, 1.82) is 0 Å². The highest BCUT2D eigenvalue weighted by Crippen LogP contribution is 2.42. The summed E-state index contributed by atoms with van der Waals surface area (Å²) in [6, 6.07) is 9.96. The maximum atomic E-state index is 3.58. The predicted octanol–water partition coefficient (Wildman–Crippen LogP) is 4.55. The van der Waals surface area contributed by atoms with E-state index in [1.165, 1.54) is 30.4 Å². The van der Waals surface area contributed by atoms with Crippen LogP contribution in [0.5, 0.6) is 0 Å². The van der Waals surface area contributed by atoms with E-state index < -0.39 is 0 Å². The molecule has 1 aromatic rings. The number of hydrogen-bond donors (Lipinski definition) is 1. The highest BCUT2D eigenvalue weighted by atomic mass is 14.9. The second-order valence-electron chi connectivity index (χ2n) is 7.19. The van der Waals surface area contributed by atoms with Crippen molar-refractivity contribution < 1.29 is 0 Å². The first-order valence-electron chi connectivity index (χ1n) is 8.25. The topological polar surface area (TPSA) is 12.0 Å². The maximum absolute atomic E-state index is 3.58. The Balaban J connectivity index is 2.22. The van der Waals surface area contributed by atoms with Crippen molar-refractivity contribution in [1.82, 2.24) is 5.32 Å². The predicted molar refractivity (Wildman–Crippen MR) is 88.2 cm³/mol. The van der Waals surface area contributed by atoms with E-state index in [0.717, 1.165) is 18.3 Å². The molecule has 1 fully saturated rings. The lowest BCUT2D eigenvalue weighted by Crippen LogP contribution is -2.47. The molecule has 3 unspecified atom stereocenters. The Morgan fingerprint density at radius 2 is 1.80 bits per heavy atom. The van der Waals surface area contributed by atoms with E-state index in [9.17, 15) is 0 Å². The zero-order valence-corrected chi connectivity index (χ0v) is 13.9. The van der Waals surface area contributed by atoms with Crippen LogP contribution in [0.15, 0.2) is 24.3 Å². The second-order valence-corrected chi connectivity index (χ2v) is 7.19. The molecule has 1 N–H and O–H groups in total. The lowest BCUT2D eigenvalue weighted by molar-refractivity contribution is 0.151. The molecule has 1 aromatic carbocycles. The Labute approximate surface area is 125 Å². The molecule has 0 amide bonds. The third-order valence-electron chi connectivity index (χ3n) is 5.52. The highest BCUT2D eigenvalue weighted by molar-refractivity contribution is 5.29. The molecular formula is C19H31N. The van der Waals surface area contributed by atoms with E-state index in [1.807, 2.05) is 0 Å². The van der Waals surface area contributed by atoms with E-state index in [2.05, 4.69) is 64.3 Å². The third-order valence-corrected chi connectivity index (χ3v) is 5.52. The lowest BCUT2D eigenvalue weighted by Gasteiger charge is -2.44. The van der Waals surface area contributed by atoms with Crippen molar-refractivity contribution in [3.8, 4) is 0 Å². The molecule has 0 aliphatic heterocycles. The van der Waals surface area contributed by atoms with Gasteiger partial charge in [0.15, 0.2) is 0 Å². The van der Waals surface area contributed by atoms with Gasteiger partial charge in [0.1, 0.15) is 0 Å². The maximum Gasteiger partial charge on any atom is 0.0103 e. The van der Waals surface area contributed by atoms with Gasteiger partial charge in [-0.15, -0.1) is 0 Å². The SMILES string of the molecule is CCc1ccc(C(C)(C)C2CCC(C)CC2NC)cc1. The lowest BCUT2D eigenvalue weighted by atomic mass is 9.63. The summed E-state index contributed by atoms with van der Waals surface area (Å²) in [5.74, 6) is 1.60. The molecule has 112 valence electrons. The van der Waals surface area contributed by atoms with Crippen molar-refractivity contribution >= 4 is 0 Å². The summed E-state index contributed by atoms with van der Waals surface area (Å²) in [6.07, 6.45) is 5.16. The van der Waals surface area contributed by atoms with Gasteiger partial charge in [-0.25, -0.2) is 0 Å². The van der Waals surface area contributed by atoms with Crippen molar-refractivity contribution in [2.24, 2.45) is 11.8 Å². The fourth-order valence-corrected chi connectivity index (χ4v) is 3.95. The molecular weight excluding hydrogens is 242 g/mol. The van der Waals surface area contributed by atoms with Crippen LogP contribution in [0.4, 0.5) is 0 Å². The smallest absolute Gasteiger partial charge is 0.0103 e. The van der Waals surface area contributed by atoms with Gasteiger partial charge >= 0.3 is 0 Å². The van der Waals surface area contributed by atoms with Crippen LogP contribution >= 0.6 is 0 Å². The van der Waals surface area contributed by atoms with Gasteiger partial charge in [-0.05, 0) is 54.7 Å². The quantitative estimate of drug-likeness (QED) is 0.848. The average Bonchev–Trinajstić information content (AvgIpc) is 2.46. The molecule has 0 aromatic heterocycles. The Bertz CT molecular complexity index is 418. The normalized spacial score (nSPS) is 27.6. The molecule has 1 nitrogen and oxygen atoms in total. The van der Waals surface area contributed by atoms with Gasteiger partial charge in [-0.1, -0.05) is 58.4 Å². The van der Waals surface area contributed by atoms with Crippen LogP contribution in [0.1, 0.15) is 58.1 Å². The number of nitrogens with one attached hydrogen (secondary N) is 1. The van der Waals surface area contributed by atoms with Gasteiger partial charge in [0.25, 0.3) is 0 Å². The summed E-state index contributed by atoms with van der Waals surface area (Å²) in [7, 11) is 2.13. The minimum atomic E-state index is 0.250. The zero-order chi connectivity index (χ0) is 14.8. The minimum Gasteiger partial charge on any atom is -0.317 e. The average molecular weight is 273 g/mol. The van der Waals surface area contributed by atoms with Crippen LogP contribution in [0, 0.1) is 11.8 Å². The largest absolute Gasteiger partial charge is 0.317 e. The van der Waals surface area contributed by atoms with Crippen LogP contribution < -0.4 is 5.32 Å². The summed E-state index contributed by atoms with van der Waals surface area (Å²) < 4.78 is 0. The molecule has 1 saturated carbocycles. The monoisotopic (exact) mass is 273 g/mol. The van der Waals surface area contributed by atoms with Crippen molar-refractivity contribution in [2.45, 2.75) is 64.8 Å². The Kier molecular flexibility index (Phi) is 4.90. The van der Waals surface area contributed by atoms with E-state index in [1.54, 1.807) is 0 Å². The number of rotatable bonds is 4. The summed E-state index contributed by atoms with van der Waals surface area (Å²) in [4.78, 5) is 0. The third kappa shape index (κ3) is 3.09. The first-order chi connectivity index (χ1) is 9.48. The molecule has 1 aliphatic carbocycles. The van der Waals surface area contributed by atoms with Gasteiger partial charge in [0, 0.05) is 6.04 Å². The minimum absolute atomic E-state index is 0.250. The number of hydrogen-bond acceptors (Lipinski definition) is 1. The van der Waals surface area contributed by atoms with Crippen molar-refractivity contribution in [2.75, 3.05) is 7.05 Å².